The number of rotatable bonds is 7. The van der Waals surface area contributed by atoms with Crippen LogP contribution in [0.25, 0.3) is 0 Å². The Morgan fingerprint density at radius 3 is 2.50 bits per heavy atom. The number of amides is 2. The minimum Gasteiger partial charge on any atom is -0.508 e. The first-order chi connectivity index (χ1) is 9.52. The maximum atomic E-state index is 11.5. The van der Waals surface area contributed by atoms with Gasteiger partial charge in [0.25, 0.3) is 0 Å². The summed E-state index contributed by atoms with van der Waals surface area (Å²) in [7, 11) is 0. The molecule has 0 aromatic heterocycles. The zero-order valence-corrected chi connectivity index (χ0v) is 11.0. The second kappa shape index (κ2) is 7.83. The fourth-order valence-corrected chi connectivity index (χ4v) is 1.56. The molecule has 6 nitrogen and oxygen atoms in total. The summed E-state index contributed by atoms with van der Waals surface area (Å²) in [6.07, 6.45) is 2.42. The van der Waals surface area contributed by atoms with Crippen LogP contribution < -0.4 is 10.6 Å². The van der Waals surface area contributed by atoms with Gasteiger partial charge >= 0.3 is 12.0 Å². The van der Waals surface area contributed by atoms with Crippen molar-refractivity contribution in [2.24, 2.45) is 0 Å². The number of nitrogens with one attached hydrogen (secondary N) is 2. The van der Waals surface area contributed by atoms with Crippen molar-refractivity contribution in [3.05, 3.63) is 42.5 Å². The van der Waals surface area contributed by atoms with Gasteiger partial charge in [-0.25, -0.2) is 9.59 Å². The fraction of sp³-hybridized carbons (Fsp3) is 0.286. The van der Waals surface area contributed by atoms with E-state index in [0.717, 1.165) is 0 Å². The number of phenolic OH excluding ortho intramolecular Hbond substituents is 1. The van der Waals surface area contributed by atoms with Crippen molar-refractivity contribution in [3.63, 3.8) is 0 Å². The molecule has 1 rings (SSSR count). The van der Waals surface area contributed by atoms with Gasteiger partial charge in [0.2, 0.25) is 0 Å². The molecule has 0 saturated carbocycles. The van der Waals surface area contributed by atoms with Crippen LogP contribution in [0.2, 0.25) is 0 Å². The molecule has 1 aromatic rings. The third-order valence-electron chi connectivity index (χ3n) is 2.61. The van der Waals surface area contributed by atoms with E-state index in [0.29, 0.717) is 18.5 Å². The molecule has 0 aliphatic rings. The number of urea groups is 1. The molecule has 1 aromatic carbocycles. The molecule has 0 saturated heterocycles. The first-order valence-electron chi connectivity index (χ1n) is 6.19. The Balaban J connectivity index is 2.56. The van der Waals surface area contributed by atoms with E-state index in [1.54, 1.807) is 18.2 Å². The van der Waals surface area contributed by atoms with Gasteiger partial charge in [-0.1, -0.05) is 18.2 Å². The van der Waals surface area contributed by atoms with Gasteiger partial charge in [-0.2, -0.15) is 0 Å². The number of aromatic hydroxyl groups is 1. The highest BCUT2D eigenvalue weighted by molar-refractivity contribution is 5.82. The highest BCUT2D eigenvalue weighted by atomic mass is 16.4. The molecule has 1 atom stereocenters. The maximum Gasteiger partial charge on any atom is 0.326 e. The summed E-state index contributed by atoms with van der Waals surface area (Å²) in [6, 6.07) is 4.61. The second-order valence-corrected chi connectivity index (χ2v) is 4.24. The molecule has 6 heteroatoms. The summed E-state index contributed by atoms with van der Waals surface area (Å²) < 4.78 is 0. The lowest BCUT2D eigenvalue weighted by Gasteiger charge is -2.15. The Morgan fingerprint density at radius 2 is 1.95 bits per heavy atom. The van der Waals surface area contributed by atoms with Crippen molar-refractivity contribution in [1.29, 1.82) is 0 Å². The van der Waals surface area contributed by atoms with Gasteiger partial charge in [-0.15, -0.1) is 6.58 Å². The number of benzene rings is 1. The van der Waals surface area contributed by atoms with E-state index in [2.05, 4.69) is 17.2 Å². The number of hydrogen-bond donors (Lipinski definition) is 4. The molecule has 4 N–H and O–H groups in total. The summed E-state index contributed by atoms with van der Waals surface area (Å²) in [5, 5.41) is 23.2. The minimum absolute atomic E-state index is 0.107. The van der Waals surface area contributed by atoms with Crippen LogP contribution in [-0.2, 0) is 11.2 Å². The SMILES string of the molecule is C=CCCNC(=O)N[C@@H](Cc1ccc(O)cc1)C(=O)O. The van der Waals surface area contributed by atoms with E-state index in [1.807, 2.05) is 0 Å². The van der Waals surface area contributed by atoms with Crippen LogP contribution in [0.4, 0.5) is 4.79 Å². The van der Waals surface area contributed by atoms with Crippen LogP contribution >= 0.6 is 0 Å². The van der Waals surface area contributed by atoms with Gasteiger partial charge in [-0.05, 0) is 24.1 Å². The Kier molecular flexibility index (Phi) is 6.09. The lowest BCUT2D eigenvalue weighted by atomic mass is 10.1. The largest absolute Gasteiger partial charge is 0.508 e. The molecule has 108 valence electrons. The number of carboxylic acids is 1. The normalized spacial score (nSPS) is 11.4. The fourth-order valence-electron chi connectivity index (χ4n) is 1.56. The molecule has 0 radical (unpaired) electrons. The van der Waals surface area contributed by atoms with Gasteiger partial charge in [-0.3, -0.25) is 0 Å². The molecule has 0 bridgehead atoms. The summed E-state index contributed by atoms with van der Waals surface area (Å²) in [4.78, 5) is 22.6. The first-order valence-corrected chi connectivity index (χ1v) is 6.19. The molecule has 0 aliphatic carbocycles. The van der Waals surface area contributed by atoms with Crippen molar-refractivity contribution >= 4 is 12.0 Å². The highest BCUT2D eigenvalue weighted by Gasteiger charge is 2.20. The molecule has 20 heavy (non-hydrogen) atoms. The Hall–Kier alpha value is -2.50. The predicted octanol–water partition coefficient (Wildman–Crippen LogP) is 1.26. The van der Waals surface area contributed by atoms with Crippen molar-refractivity contribution in [2.75, 3.05) is 6.54 Å². The molecule has 2 amide bonds. The highest BCUT2D eigenvalue weighted by Crippen LogP contribution is 2.11. The van der Waals surface area contributed by atoms with Crippen molar-refractivity contribution in [1.82, 2.24) is 10.6 Å². The molecule has 0 heterocycles. The van der Waals surface area contributed by atoms with Gasteiger partial charge in [0.05, 0.1) is 0 Å². The van der Waals surface area contributed by atoms with E-state index < -0.39 is 18.0 Å². The summed E-state index contributed by atoms with van der Waals surface area (Å²) >= 11 is 0. The second-order valence-electron chi connectivity index (χ2n) is 4.24. The van der Waals surface area contributed by atoms with Crippen molar-refractivity contribution in [3.8, 4) is 5.75 Å². The lowest BCUT2D eigenvalue weighted by molar-refractivity contribution is -0.139. The standard InChI is InChI=1S/C14H18N2O4/c1-2-3-8-15-14(20)16-12(13(18)19)9-10-4-6-11(17)7-5-10/h2,4-7,12,17H,1,3,8-9H2,(H,18,19)(H2,15,16,20)/t12-/m0/s1. The quantitative estimate of drug-likeness (QED) is 0.446. The zero-order chi connectivity index (χ0) is 15.0. The van der Waals surface area contributed by atoms with Gasteiger partial charge in [0.1, 0.15) is 11.8 Å². The minimum atomic E-state index is -1.11. The predicted molar refractivity (Wildman–Crippen MR) is 74.6 cm³/mol. The third kappa shape index (κ3) is 5.43. The van der Waals surface area contributed by atoms with E-state index >= 15 is 0 Å². The Labute approximate surface area is 117 Å². The van der Waals surface area contributed by atoms with E-state index in [9.17, 15) is 9.59 Å². The van der Waals surface area contributed by atoms with Crippen LogP contribution in [0.15, 0.2) is 36.9 Å². The number of carbonyl (C=O) groups is 2. The smallest absolute Gasteiger partial charge is 0.326 e. The van der Waals surface area contributed by atoms with Crippen LogP contribution in [-0.4, -0.2) is 34.8 Å². The molecular weight excluding hydrogens is 260 g/mol. The molecule has 0 unspecified atom stereocenters. The Morgan fingerprint density at radius 1 is 1.30 bits per heavy atom. The Bertz CT molecular complexity index is 471. The summed E-state index contributed by atoms with van der Waals surface area (Å²) in [6.45, 7) is 3.93. The molecule has 0 aliphatic heterocycles. The zero-order valence-electron chi connectivity index (χ0n) is 11.0. The average Bonchev–Trinajstić information content (AvgIpc) is 2.40. The number of aliphatic carboxylic acids is 1. The number of phenols is 1. The van der Waals surface area contributed by atoms with Crippen LogP contribution in [0, 0.1) is 0 Å². The maximum absolute atomic E-state index is 11.5. The van der Waals surface area contributed by atoms with Crippen LogP contribution in [0.1, 0.15) is 12.0 Å². The first kappa shape index (κ1) is 15.6. The van der Waals surface area contributed by atoms with Crippen molar-refractivity contribution in [2.45, 2.75) is 18.9 Å². The van der Waals surface area contributed by atoms with Crippen LogP contribution in [0.3, 0.4) is 0 Å². The average molecular weight is 278 g/mol. The number of carbonyl (C=O) groups excluding carboxylic acids is 1. The number of carboxylic acid groups (broad SMARTS) is 1. The summed E-state index contributed by atoms with van der Waals surface area (Å²) in [5.41, 5.74) is 0.710. The molecule has 0 spiro atoms. The number of hydrogen-bond acceptors (Lipinski definition) is 3. The monoisotopic (exact) mass is 278 g/mol. The topological polar surface area (TPSA) is 98.7 Å². The molecular formula is C14H18N2O4. The van der Waals surface area contributed by atoms with Crippen LogP contribution in [0.5, 0.6) is 5.75 Å². The summed E-state index contributed by atoms with van der Waals surface area (Å²) in [5.74, 6) is -1.01. The van der Waals surface area contributed by atoms with E-state index in [1.165, 1.54) is 12.1 Å². The van der Waals surface area contributed by atoms with Gasteiger partial charge in [0.15, 0.2) is 0 Å². The third-order valence-corrected chi connectivity index (χ3v) is 2.61. The van der Waals surface area contributed by atoms with Crippen molar-refractivity contribution < 1.29 is 19.8 Å². The van der Waals surface area contributed by atoms with E-state index in [-0.39, 0.29) is 12.2 Å². The van der Waals surface area contributed by atoms with Gasteiger partial charge < -0.3 is 20.8 Å². The lowest BCUT2D eigenvalue weighted by Crippen LogP contribution is -2.47. The van der Waals surface area contributed by atoms with Gasteiger partial charge in [0, 0.05) is 13.0 Å². The van der Waals surface area contributed by atoms with E-state index in [4.69, 9.17) is 10.2 Å². The molecule has 0 fully saturated rings.